The number of carbonyl (C=O) groups excluding carboxylic acids is 2. The lowest BCUT2D eigenvalue weighted by molar-refractivity contribution is -0.137. The van der Waals surface area contributed by atoms with E-state index in [1.54, 1.807) is 17.0 Å². The summed E-state index contributed by atoms with van der Waals surface area (Å²) < 4.78 is 27.1. The molecule has 7 heteroatoms. The molecule has 0 spiro atoms. The molecule has 2 saturated heterocycles. The van der Waals surface area contributed by atoms with Crippen LogP contribution in [0.4, 0.5) is 0 Å². The molecule has 0 aliphatic carbocycles. The van der Waals surface area contributed by atoms with Crippen molar-refractivity contribution in [1.29, 1.82) is 0 Å². The third kappa shape index (κ3) is 3.49. The predicted octanol–water partition coefficient (Wildman–Crippen LogP) is 2.39. The lowest BCUT2D eigenvalue weighted by Gasteiger charge is -2.29. The van der Waals surface area contributed by atoms with Crippen molar-refractivity contribution in [2.24, 2.45) is 0 Å². The lowest BCUT2D eigenvalue weighted by atomic mass is 10.1. The van der Waals surface area contributed by atoms with Crippen LogP contribution in [-0.4, -0.2) is 48.6 Å². The minimum atomic E-state index is -4.03. The van der Waals surface area contributed by atoms with Gasteiger partial charge in [-0.05, 0) is 56.4 Å². The van der Waals surface area contributed by atoms with Crippen LogP contribution in [0.2, 0.25) is 0 Å². The number of nitrogens with zero attached hydrogens (tertiary/aromatic N) is 2. The minimum absolute atomic E-state index is 0.0736. The smallest absolute Gasteiger partial charge is 0.267 e. The van der Waals surface area contributed by atoms with Crippen LogP contribution in [0.15, 0.2) is 23.1 Å². The Morgan fingerprint density at radius 2 is 1.69 bits per heavy atom. The first-order valence-corrected chi connectivity index (χ1v) is 10.7. The maximum Gasteiger partial charge on any atom is 0.267 e. The first-order chi connectivity index (χ1) is 12.3. The molecule has 6 nitrogen and oxygen atoms in total. The number of sulfonamides is 1. The van der Waals surface area contributed by atoms with E-state index >= 15 is 0 Å². The van der Waals surface area contributed by atoms with E-state index in [2.05, 4.69) is 0 Å². The van der Waals surface area contributed by atoms with Gasteiger partial charge in [0.25, 0.3) is 10.0 Å². The van der Waals surface area contributed by atoms with Crippen molar-refractivity contribution in [3.8, 4) is 0 Å². The molecular formula is C19H26N2O4S. The average molecular weight is 378 g/mol. The van der Waals surface area contributed by atoms with Crippen LogP contribution in [0.3, 0.4) is 0 Å². The number of aryl methyl sites for hydroxylation is 2. The summed E-state index contributed by atoms with van der Waals surface area (Å²) in [7, 11) is -4.03. The molecule has 0 aromatic heterocycles. The highest BCUT2D eigenvalue weighted by Gasteiger charge is 2.45. The third-order valence-corrected chi connectivity index (χ3v) is 7.22. The number of rotatable bonds is 3. The van der Waals surface area contributed by atoms with Gasteiger partial charge in [-0.25, -0.2) is 12.7 Å². The standard InChI is InChI=1S/C19H26N2O4S/c1-14-7-8-16(13-15(14)2)26(24,25)21-17(9-10-18(21)22)19(23)20-11-5-3-4-6-12-20/h7-8,13,17H,3-6,9-12H2,1-2H3/t17-/m0/s1. The van der Waals surface area contributed by atoms with Gasteiger partial charge in [0.05, 0.1) is 4.90 Å². The Labute approximate surface area is 155 Å². The second kappa shape index (κ2) is 7.39. The first kappa shape index (κ1) is 18.9. The summed E-state index contributed by atoms with van der Waals surface area (Å²) in [6.45, 7) is 5.01. The van der Waals surface area contributed by atoms with Crippen molar-refractivity contribution in [2.45, 2.75) is 63.3 Å². The predicted molar refractivity (Wildman–Crippen MR) is 98.0 cm³/mol. The van der Waals surface area contributed by atoms with Crippen LogP contribution in [0, 0.1) is 13.8 Å². The van der Waals surface area contributed by atoms with Crippen LogP contribution in [0.5, 0.6) is 0 Å². The number of likely N-dealkylation sites (tertiary alicyclic amines) is 1. The zero-order chi connectivity index (χ0) is 18.9. The molecule has 1 atom stereocenters. The molecule has 0 N–H and O–H groups in total. The molecule has 2 amide bonds. The maximum absolute atomic E-state index is 13.1. The van der Waals surface area contributed by atoms with E-state index < -0.39 is 22.0 Å². The highest BCUT2D eigenvalue weighted by molar-refractivity contribution is 7.89. The van der Waals surface area contributed by atoms with Crippen LogP contribution < -0.4 is 0 Å². The quantitative estimate of drug-likeness (QED) is 0.809. The van der Waals surface area contributed by atoms with Gasteiger partial charge in [0.2, 0.25) is 11.8 Å². The monoisotopic (exact) mass is 378 g/mol. The van der Waals surface area contributed by atoms with Crippen molar-refractivity contribution < 1.29 is 18.0 Å². The molecule has 2 fully saturated rings. The maximum atomic E-state index is 13.1. The van der Waals surface area contributed by atoms with E-state index in [9.17, 15) is 18.0 Å². The van der Waals surface area contributed by atoms with Gasteiger partial charge < -0.3 is 4.90 Å². The summed E-state index contributed by atoms with van der Waals surface area (Å²) in [5.74, 6) is -0.721. The van der Waals surface area contributed by atoms with Gasteiger partial charge in [-0.1, -0.05) is 18.9 Å². The SMILES string of the molecule is Cc1ccc(S(=O)(=O)N2C(=O)CC[C@H]2C(=O)N2CCCCCC2)cc1C. The second-order valence-corrected chi connectivity index (χ2v) is 9.05. The average Bonchev–Trinajstić information content (AvgIpc) is 2.82. The molecule has 0 saturated carbocycles. The van der Waals surface area contributed by atoms with Gasteiger partial charge in [-0.3, -0.25) is 9.59 Å². The molecule has 3 rings (SSSR count). The Kier molecular flexibility index (Phi) is 5.37. The van der Waals surface area contributed by atoms with Gasteiger partial charge in [0.1, 0.15) is 6.04 Å². The Balaban J connectivity index is 1.91. The fourth-order valence-electron chi connectivity index (χ4n) is 3.68. The van der Waals surface area contributed by atoms with Gasteiger partial charge in [-0.2, -0.15) is 0 Å². The van der Waals surface area contributed by atoms with E-state index in [1.807, 2.05) is 13.8 Å². The number of amides is 2. The molecule has 142 valence electrons. The summed E-state index contributed by atoms with van der Waals surface area (Å²) in [6.07, 6.45) is 4.37. The summed E-state index contributed by atoms with van der Waals surface area (Å²) in [4.78, 5) is 27.2. The molecule has 2 aliphatic rings. The topological polar surface area (TPSA) is 74.8 Å². The molecule has 2 aliphatic heterocycles. The van der Waals surface area contributed by atoms with Crippen LogP contribution in [0.25, 0.3) is 0 Å². The Morgan fingerprint density at radius 3 is 2.31 bits per heavy atom. The molecule has 0 radical (unpaired) electrons. The van der Waals surface area contributed by atoms with Crippen LogP contribution >= 0.6 is 0 Å². The lowest BCUT2D eigenvalue weighted by Crippen LogP contribution is -2.49. The summed E-state index contributed by atoms with van der Waals surface area (Å²) in [5.41, 5.74) is 1.82. The molecule has 1 aromatic carbocycles. The van der Waals surface area contributed by atoms with Gasteiger partial charge in [-0.15, -0.1) is 0 Å². The Bertz CT molecular complexity index is 811. The van der Waals surface area contributed by atoms with Crippen molar-refractivity contribution in [2.75, 3.05) is 13.1 Å². The first-order valence-electron chi connectivity index (χ1n) is 9.25. The molecule has 26 heavy (non-hydrogen) atoms. The van der Waals surface area contributed by atoms with E-state index in [0.29, 0.717) is 13.1 Å². The fraction of sp³-hybridized carbons (Fsp3) is 0.579. The van der Waals surface area contributed by atoms with E-state index in [0.717, 1.165) is 41.1 Å². The molecule has 0 unspecified atom stereocenters. The van der Waals surface area contributed by atoms with E-state index in [1.165, 1.54) is 6.07 Å². The third-order valence-electron chi connectivity index (χ3n) is 5.40. The molecular weight excluding hydrogens is 352 g/mol. The zero-order valence-electron chi connectivity index (χ0n) is 15.4. The Hall–Kier alpha value is -1.89. The molecule has 1 aromatic rings. The highest BCUT2D eigenvalue weighted by atomic mass is 32.2. The second-order valence-electron chi connectivity index (χ2n) is 7.23. The van der Waals surface area contributed by atoms with Crippen LogP contribution in [0.1, 0.15) is 49.7 Å². The van der Waals surface area contributed by atoms with Gasteiger partial charge >= 0.3 is 0 Å². The normalized spacial score (nSPS) is 21.8. The van der Waals surface area contributed by atoms with E-state index in [4.69, 9.17) is 0 Å². The van der Waals surface area contributed by atoms with Gasteiger partial charge in [0.15, 0.2) is 0 Å². The molecule has 0 bridgehead atoms. The molecule has 2 heterocycles. The largest absolute Gasteiger partial charge is 0.341 e. The van der Waals surface area contributed by atoms with Crippen molar-refractivity contribution in [1.82, 2.24) is 9.21 Å². The summed E-state index contributed by atoms with van der Waals surface area (Å²) in [5, 5.41) is 0. The Morgan fingerprint density at radius 1 is 1.04 bits per heavy atom. The fourth-order valence-corrected chi connectivity index (χ4v) is 5.36. The summed E-state index contributed by atoms with van der Waals surface area (Å²) >= 11 is 0. The highest BCUT2D eigenvalue weighted by Crippen LogP contribution is 2.29. The minimum Gasteiger partial charge on any atom is -0.341 e. The zero-order valence-corrected chi connectivity index (χ0v) is 16.2. The number of hydrogen-bond acceptors (Lipinski definition) is 4. The van der Waals surface area contributed by atoms with E-state index in [-0.39, 0.29) is 23.6 Å². The van der Waals surface area contributed by atoms with Crippen molar-refractivity contribution in [3.63, 3.8) is 0 Å². The number of hydrogen-bond donors (Lipinski definition) is 0. The van der Waals surface area contributed by atoms with Crippen molar-refractivity contribution >= 4 is 21.8 Å². The van der Waals surface area contributed by atoms with Crippen LogP contribution in [-0.2, 0) is 19.6 Å². The number of benzene rings is 1. The summed E-state index contributed by atoms with van der Waals surface area (Å²) in [6, 6.07) is 3.90. The number of carbonyl (C=O) groups is 2. The van der Waals surface area contributed by atoms with Gasteiger partial charge in [0, 0.05) is 19.5 Å². The van der Waals surface area contributed by atoms with Crippen molar-refractivity contribution in [3.05, 3.63) is 29.3 Å².